The van der Waals surface area contributed by atoms with Gasteiger partial charge in [0.1, 0.15) is 11.8 Å². The fourth-order valence-corrected chi connectivity index (χ4v) is 4.00. The first-order valence-corrected chi connectivity index (χ1v) is 7.36. The molecule has 2 saturated heterocycles. The van der Waals surface area contributed by atoms with E-state index >= 15 is 0 Å². The standard InChI is InChI=1S/C14H17N5O2/c20-11(21)5-8-3-9-1-2-10(4-8)19(9)14-12-13(16-6-15-12)17-7-18-14/h6-10H,1-5H2,(H,20,21)(H,15,16,17,18). The molecule has 0 aliphatic carbocycles. The molecule has 2 aromatic rings. The van der Waals surface area contributed by atoms with Crippen LogP contribution in [0.25, 0.3) is 11.2 Å². The van der Waals surface area contributed by atoms with Crippen LogP contribution in [0.1, 0.15) is 32.1 Å². The van der Waals surface area contributed by atoms with Crippen LogP contribution in [0.2, 0.25) is 0 Å². The van der Waals surface area contributed by atoms with E-state index in [1.165, 1.54) is 0 Å². The molecule has 21 heavy (non-hydrogen) atoms. The lowest BCUT2D eigenvalue weighted by atomic mass is 9.88. The van der Waals surface area contributed by atoms with Crippen LogP contribution < -0.4 is 4.90 Å². The van der Waals surface area contributed by atoms with E-state index in [0.717, 1.165) is 37.0 Å². The van der Waals surface area contributed by atoms with Crippen molar-refractivity contribution in [2.24, 2.45) is 5.92 Å². The maximum Gasteiger partial charge on any atom is 0.303 e. The van der Waals surface area contributed by atoms with E-state index in [1.807, 2.05) is 0 Å². The van der Waals surface area contributed by atoms with E-state index in [4.69, 9.17) is 5.11 Å². The fourth-order valence-electron chi connectivity index (χ4n) is 4.00. The highest BCUT2D eigenvalue weighted by molar-refractivity contribution is 5.83. The van der Waals surface area contributed by atoms with Gasteiger partial charge in [0, 0.05) is 18.5 Å². The van der Waals surface area contributed by atoms with E-state index in [2.05, 4.69) is 24.8 Å². The van der Waals surface area contributed by atoms with Gasteiger partial charge in [0.15, 0.2) is 11.5 Å². The number of anilines is 1. The zero-order valence-corrected chi connectivity index (χ0v) is 11.6. The van der Waals surface area contributed by atoms with Crippen LogP contribution in [0, 0.1) is 5.92 Å². The number of piperidine rings is 1. The van der Waals surface area contributed by atoms with Crippen LogP contribution in [-0.2, 0) is 4.79 Å². The number of rotatable bonds is 3. The van der Waals surface area contributed by atoms with Gasteiger partial charge >= 0.3 is 5.97 Å². The molecule has 2 fully saturated rings. The molecule has 7 heteroatoms. The van der Waals surface area contributed by atoms with Gasteiger partial charge < -0.3 is 15.0 Å². The van der Waals surface area contributed by atoms with Gasteiger partial charge in [-0.3, -0.25) is 4.79 Å². The third-order valence-corrected chi connectivity index (χ3v) is 4.74. The molecule has 0 aromatic carbocycles. The van der Waals surface area contributed by atoms with Crippen molar-refractivity contribution in [2.75, 3.05) is 4.90 Å². The molecular formula is C14H17N5O2. The minimum Gasteiger partial charge on any atom is -0.481 e. The highest BCUT2D eigenvalue weighted by Gasteiger charge is 2.42. The summed E-state index contributed by atoms with van der Waals surface area (Å²) in [5.74, 6) is 0.514. The number of nitrogens with one attached hydrogen (secondary N) is 1. The second kappa shape index (κ2) is 4.68. The first kappa shape index (κ1) is 12.6. The van der Waals surface area contributed by atoms with E-state index in [1.54, 1.807) is 12.7 Å². The Morgan fingerprint density at radius 1 is 1.29 bits per heavy atom. The van der Waals surface area contributed by atoms with Crippen molar-refractivity contribution in [3.8, 4) is 0 Å². The summed E-state index contributed by atoms with van der Waals surface area (Å²) in [6.07, 6.45) is 7.57. The number of fused-ring (bicyclic) bond motifs is 3. The summed E-state index contributed by atoms with van der Waals surface area (Å²) in [7, 11) is 0. The Balaban J connectivity index is 1.65. The van der Waals surface area contributed by atoms with Crippen LogP contribution >= 0.6 is 0 Å². The molecule has 2 atom stereocenters. The van der Waals surface area contributed by atoms with E-state index < -0.39 is 5.97 Å². The molecule has 4 heterocycles. The second-order valence-corrected chi connectivity index (χ2v) is 6.03. The van der Waals surface area contributed by atoms with Gasteiger partial charge in [-0.1, -0.05) is 0 Å². The Kier molecular flexibility index (Phi) is 2.80. The number of hydrogen-bond donors (Lipinski definition) is 2. The predicted octanol–water partition coefficient (Wildman–Crippen LogP) is 1.57. The average Bonchev–Trinajstić information content (AvgIpc) is 3.01. The monoisotopic (exact) mass is 287 g/mol. The van der Waals surface area contributed by atoms with Crippen molar-refractivity contribution in [2.45, 2.75) is 44.2 Å². The second-order valence-electron chi connectivity index (χ2n) is 6.03. The van der Waals surface area contributed by atoms with Crippen molar-refractivity contribution >= 4 is 23.0 Å². The smallest absolute Gasteiger partial charge is 0.303 e. The Morgan fingerprint density at radius 2 is 2.05 bits per heavy atom. The lowest BCUT2D eigenvalue weighted by molar-refractivity contribution is -0.138. The van der Waals surface area contributed by atoms with Gasteiger partial charge in [0.05, 0.1) is 6.33 Å². The molecule has 0 spiro atoms. The van der Waals surface area contributed by atoms with Crippen molar-refractivity contribution in [1.29, 1.82) is 0 Å². The molecule has 2 N–H and O–H groups in total. The molecule has 0 amide bonds. The summed E-state index contributed by atoms with van der Waals surface area (Å²) < 4.78 is 0. The first-order chi connectivity index (χ1) is 10.2. The number of carboxylic acids is 1. The molecule has 7 nitrogen and oxygen atoms in total. The summed E-state index contributed by atoms with van der Waals surface area (Å²) in [6.45, 7) is 0. The Bertz CT molecular complexity index is 671. The third-order valence-electron chi connectivity index (χ3n) is 4.74. The Hall–Kier alpha value is -2.18. The zero-order valence-electron chi connectivity index (χ0n) is 11.6. The molecule has 2 aromatic heterocycles. The van der Waals surface area contributed by atoms with Gasteiger partial charge in [-0.05, 0) is 31.6 Å². The zero-order chi connectivity index (χ0) is 14.4. The van der Waals surface area contributed by atoms with Crippen molar-refractivity contribution in [3.63, 3.8) is 0 Å². The summed E-state index contributed by atoms with van der Waals surface area (Å²) >= 11 is 0. The molecule has 110 valence electrons. The third kappa shape index (κ3) is 2.03. The summed E-state index contributed by atoms with van der Waals surface area (Å²) in [5.41, 5.74) is 1.57. The SMILES string of the molecule is O=C(O)CC1CC2CCC(C1)N2c1ncnc2nc[nH]c12. The van der Waals surface area contributed by atoms with Crippen molar-refractivity contribution in [3.05, 3.63) is 12.7 Å². The van der Waals surface area contributed by atoms with Crippen LogP contribution in [0.5, 0.6) is 0 Å². The normalized spacial score (nSPS) is 28.2. The van der Waals surface area contributed by atoms with Crippen molar-refractivity contribution in [1.82, 2.24) is 19.9 Å². The molecule has 2 aliphatic heterocycles. The Labute approximate surface area is 121 Å². The van der Waals surface area contributed by atoms with Gasteiger partial charge in [-0.25, -0.2) is 15.0 Å². The van der Waals surface area contributed by atoms with Crippen LogP contribution in [0.15, 0.2) is 12.7 Å². The van der Waals surface area contributed by atoms with Gasteiger partial charge in [0.2, 0.25) is 0 Å². The van der Waals surface area contributed by atoms with Gasteiger partial charge in [0.25, 0.3) is 0 Å². The largest absolute Gasteiger partial charge is 0.481 e. The highest BCUT2D eigenvalue weighted by atomic mass is 16.4. The number of aromatic nitrogens is 4. The number of carboxylic acid groups (broad SMARTS) is 1. The molecule has 2 bridgehead atoms. The molecular weight excluding hydrogens is 270 g/mol. The van der Waals surface area contributed by atoms with Crippen LogP contribution in [0.3, 0.4) is 0 Å². The number of carbonyl (C=O) groups is 1. The minimum atomic E-state index is -0.689. The first-order valence-electron chi connectivity index (χ1n) is 7.36. The summed E-state index contributed by atoms with van der Waals surface area (Å²) in [5, 5.41) is 9.01. The quantitative estimate of drug-likeness (QED) is 0.889. The minimum absolute atomic E-state index is 0.282. The predicted molar refractivity (Wildman–Crippen MR) is 75.9 cm³/mol. The number of H-pyrrole nitrogens is 1. The summed E-state index contributed by atoms with van der Waals surface area (Å²) in [4.78, 5) is 29.2. The average molecular weight is 287 g/mol. The lowest BCUT2D eigenvalue weighted by Gasteiger charge is -2.39. The maximum atomic E-state index is 10.9. The van der Waals surface area contributed by atoms with Crippen LogP contribution in [-0.4, -0.2) is 43.1 Å². The van der Waals surface area contributed by atoms with Gasteiger partial charge in [-0.15, -0.1) is 0 Å². The number of nitrogens with zero attached hydrogens (tertiary/aromatic N) is 4. The fraction of sp³-hybridized carbons (Fsp3) is 0.571. The number of aromatic amines is 1. The van der Waals surface area contributed by atoms with E-state index in [-0.39, 0.29) is 12.3 Å². The van der Waals surface area contributed by atoms with Crippen molar-refractivity contribution < 1.29 is 9.90 Å². The molecule has 4 rings (SSSR count). The molecule has 0 saturated carbocycles. The van der Waals surface area contributed by atoms with E-state index in [9.17, 15) is 4.79 Å². The lowest BCUT2D eigenvalue weighted by Crippen LogP contribution is -2.44. The van der Waals surface area contributed by atoms with E-state index in [0.29, 0.717) is 17.7 Å². The van der Waals surface area contributed by atoms with Crippen LogP contribution in [0.4, 0.5) is 5.82 Å². The molecule has 0 radical (unpaired) electrons. The topological polar surface area (TPSA) is 95.0 Å². The molecule has 2 unspecified atom stereocenters. The van der Waals surface area contributed by atoms with Gasteiger partial charge in [-0.2, -0.15) is 0 Å². The number of imidazole rings is 1. The molecule has 2 aliphatic rings. The summed E-state index contributed by atoms with van der Waals surface area (Å²) in [6, 6.07) is 0.768. The maximum absolute atomic E-state index is 10.9. The number of hydrogen-bond acceptors (Lipinski definition) is 5. The number of aliphatic carboxylic acids is 1. The highest BCUT2D eigenvalue weighted by Crippen LogP contribution is 2.43. The Morgan fingerprint density at radius 3 is 2.76 bits per heavy atom.